The summed E-state index contributed by atoms with van der Waals surface area (Å²) in [6.07, 6.45) is -2.58. The minimum atomic E-state index is -4.12. The molecule has 2 atom stereocenters. The zero-order chi connectivity index (χ0) is 14.7. The number of alkyl halides is 3. The second kappa shape index (κ2) is 6.11. The van der Waals surface area contributed by atoms with Crippen LogP contribution in [0.15, 0.2) is 0 Å². The number of carbonyl (C=O) groups excluding carboxylic acids is 1. The Morgan fingerprint density at radius 1 is 1.21 bits per heavy atom. The number of amides is 1. The predicted molar refractivity (Wildman–Crippen MR) is 67.7 cm³/mol. The summed E-state index contributed by atoms with van der Waals surface area (Å²) in [5, 5.41) is 5.71. The van der Waals surface area contributed by atoms with Crippen LogP contribution in [-0.4, -0.2) is 30.2 Å². The summed E-state index contributed by atoms with van der Waals surface area (Å²) in [5.41, 5.74) is -0.320. The van der Waals surface area contributed by atoms with Crippen molar-refractivity contribution in [3.05, 3.63) is 0 Å². The summed E-state index contributed by atoms with van der Waals surface area (Å²) < 4.78 is 37.9. The molecule has 112 valence electrons. The summed E-state index contributed by atoms with van der Waals surface area (Å²) in [6.45, 7) is 5.67. The molecule has 3 nitrogen and oxygen atoms in total. The van der Waals surface area contributed by atoms with Crippen LogP contribution in [0.2, 0.25) is 0 Å². The number of hydrogen-bond acceptors (Lipinski definition) is 2. The smallest absolute Gasteiger partial charge is 0.350 e. The molecule has 0 aromatic carbocycles. The minimum absolute atomic E-state index is 0.0757. The van der Waals surface area contributed by atoms with Gasteiger partial charge in [-0.3, -0.25) is 4.79 Å². The van der Waals surface area contributed by atoms with E-state index in [1.807, 2.05) is 20.8 Å². The molecule has 1 rings (SSSR count). The van der Waals surface area contributed by atoms with Crippen molar-refractivity contribution in [3.63, 3.8) is 0 Å². The molecule has 0 aliphatic heterocycles. The van der Waals surface area contributed by atoms with Gasteiger partial charge in [0.2, 0.25) is 5.91 Å². The number of rotatable bonds is 3. The Labute approximate surface area is 112 Å². The van der Waals surface area contributed by atoms with Gasteiger partial charge in [0.25, 0.3) is 0 Å². The first-order valence-electron chi connectivity index (χ1n) is 6.69. The maximum absolute atomic E-state index is 12.6. The third kappa shape index (κ3) is 6.27. The zero-order valence-corrected chi connectivity index (χ0v) is 11.7. The van der Waals surface area contributed by atoms with Gasteiger partial charge < -0.3 is 10.6 Å². The monoisotopic (exact) mass is 280 g/mol. The van der Waals surface area contributed by atoms with E-state index >= 15 is 0 Å². The van der Waals surface area contributed by atoms with Gasteiger partial charge in [0, 0.05) is 11.6 Å². The SMILES string of the molecule is CC(C)(C)NC(=O)CNC1CCCC(C(F)(F)F)C1. The molecule has 0 bridgehead atoms. The molecule has 1 amide bonds. The summed E-state index contributed by atoms with van der Waals surface area (Å²) in [7, 11) is 0. The highest BCUT2D eigenvalue weighted by Crippen LogP contribution is 2.37. The van der Waals surface area contributed by atoms with Crippen LogP contribution in [0.1, 0.15) is 46.5 Å². The fourth-order valence-electron chi connectivity index (χ4n) is 2.37. The van der Waals surface area contributed by atoms with E-state index in [4.69, 9.17) is 0 Å². The lowest BCUT2D eigenvalue weighted by Crippen LogP contribution is -2.48. The fraction of sp³-hybridized carbons (Fsp3) is 0.923. The van der Waals surface area contributed by atoms with Crippen molar-refractivity contribution in [3.8, 4) is 0 Å². The van der Waals surface area contributed by atoms with E-state index in [9.17, 15) is 18.0 Å². The Morgan fingerprint density at radius 3 is 2.37 bits per heavy atom. The topological polar surface area (TPSA) is 41.1 Å². The highest BCUT2D eigenvalue weighted by Gasteiger charge is 2.42. The molecule has 19 heavy (non-hydrogen) atoms. The van der Waals surface area contributed by atoms with Crippen molar-refractivity contribution in [1.29, 1.82) is 0 Å². The Kier molecular flexibility index (Phi) is 5.24. The number of hydrogen-bond donors (Lipinski definition) is 2. The van der Waals surface area contributed by atoms with Crippen molar-refractivity contribution in [2.75, 3.05) is 6.54 Å². The van der Waals surface area contributed by atoms with Gasteiger partial charge in [0.1, 0.15) is 0 Å². The second-order valence-electron chi connectivity index (χ2n) is 6.28. The molecular weight excluding hydrogens is 257 g/mol. The highest BCUT2D eigenvalue weighted by molar-refractivity contribution is 5.78. The first-order valence-corrected chi connectivity index (χ1v) is 6.69. The van der Waals surface area contributed by atoms with E-state index in [2.05, 4.69) is 10.6 Å². The van der Waals surface area contributed by atoms with E-state index in [0.29, 0.717) is 12.8 Å². The molecular formula is C13H23F3N2O. The van der Waals surface area contributed by atoms with E-state index < -0.39 is 12.1 Å². The van der Waals surface area contributed by atoms with Crippen molar-refractivity contribution in [2.45, 2.75) is 64.2 Å². The van der Waals surface area contributed by atoms with Gasteiger partial charge in [-0.15, -0.1) is 0 Å². The molecule has 0 spiro atoms. The molecule has 0 heterocycles. The molecule has 6 heteroatoms. The van der Waals surface area contributed by atoms with Crippen molar-refractivity contribution in [2.24, 2.45) is 5.92 Å². The van der Waals surface area contributed by atoms with Crippen LogP contribution in [-0.2, 0) is 4.79 Å². The predicted octanol–water partition coefficient (Wildman–Crippen LogP) is 2.61. The molecule has 0 radical (unpaired) electrons. The van der Waals surface area contributed by atoms with E-state index in [-0.39, 0.29) is 36.9 Å². The van der Waals surface area contributed by atoms with Crippen LogP contribution in [0.5, 0.6) is 0 Å². The molecule has 1 fully saturated rings. The van der Waals surface area contributed by atoms with E-state index in [1.165, 1.54) is 0 Å². The van der Waals surface area contributed by atoms with Crippen LogP contribution in [0.4, 0.5) is 13.2 Å². The van der Waals surface area contributed by atoms with Crippen molar-refractivity contribution < 1.29 is 18.0 Å². The number of carbonyl (C=O) groups is 1. The normalized spacial score (nSPS) is 25.2. The quantitative estimate of drug-likeness (QED) is 0.834. The fourth-order valence-corrected chi connectivity index (χ4v) is 2.37. The lowest BCUT2D eigenvalue weighted by atomic mass is 9.85. The largest absolute Gasteiger partial charge is 0.391 e. The van der Waals surface area contributed by atoms with Gasteiger partial charge in [-0.1, -0.05) is 6.42 Å². The molecule has 1 aliphatic carbocycles. The molecule has 0 saturated heterocycles. The van der Waals surface area contributed by atoms with Gasteiger partial charge >= 0.3 is 6.18 Å². The van der Waals surface area contributed by atoms with Crippen LogP contribution in [0, 0.1) is 5.92 Å². The summed E-state index contributed by atoms with van der Waals surface area (Å²) in [5.74, 6) is -1.41. The summed E-state index contributed by atoms with van der Waals surface area (Å²) in [6, 6.07) is -0.217. The Morgan fingerprint density at radius 2 is 1.84 bits per heavy atom. The third-order valence-corrected chi connectivity index (χ3v) is 3.20. The average Bonchev–Trinajstić information content (AvgIpc) is 2.23. The Balaban J connectivity index is 2.35. The van der Waals surface area contributed by atoms with E-state index in [1.54, 1.807) is 0 Å². The number of nitrogens with one attached hydrogen (secondary N) is 2. The molecule has 2 N–H and O–H groups in total. The van der Waals surface area contributed by atoms with Crippen LogP contribution < -0.4 is 10.6 Å². The van der Waals surface area contributed by atoms with Gasteiger partial charge in [-0.2, -0.15) is 13.2 Å². The lowest BCUT2D eigenvalue weighted by molar-refractivity contribution is -0.183. The van der Waals surface area contributed by atoms with Crippen LogP contribution >= 0.6 is 0 Å². The Hall–Kier alpha value is -0.780. The molecule has 1 saturated carbocycles. The standard InChI is InChI=1S/C13H23F3N2O/c1-12(2,3)18-11(19)8-17-10-6-4-5-9(7-10)13(14,15)16/h9-10,17H,4-8H2,1-3H3,(H,18,19). The van der Waals surface area contributed by atoms with Gasteiger partial charge in [-0.05, 0) is 40.0 Å². The summed E-state index contributed by atoms with van der Waals surface area (Å²) in [4.78, 5) is 11.6. The lowest BCUT2D eigenvalue weighted by Gasteiger charge is -2.31. The Bertz CT molecular complexity index is 310. The van der Waals surface area contributed by atoms with E-state index in [0.717, 1.165) is 0 Å². The van der Waals surface area contributed by atoms with Gasteiger partial charge in [0.05, 0.1) is 12.5 Å². The molecule has 0 aromatic heterocycles. The molecule has 1 aliphatic rings. The zero-order valence-electron chi connectivity index (χ0n) is 11.7. The molecule has 2 unspecified atom stereocenters. The second-order valence-corrected chi connectivity index (χ2v) is 6.28. The number of halogens is 3. The van der Waals surface area contributed by atoms with Crippen molar-refractivity contribution >= 4 is 5.91 Å². The van der Waals surface area contributed by atoms with Gasteiger partial charge in [0.15, 0.2) is 0 Å². The highest BCUT2D eigenvalue weighted by atomic mass is 19.4. The minimum Gasteiger partial charge on any atom is -0.350 e. The van der Waals surface area contributed by atoms with Crippen LogP contribution in [0.3, 0.4) is 0 Å². The first-order chi connectivity index (χ1) is 8.58. The first kappa shape index (κ1) is 16.3. The molecule has 0 aromatic rings. The van der Waals surface area contributed by atoms with Crippen molar-refractivity contribution in [1.82, 2.24) is 10.6 Å². The third-order valence-electron chi connectivity index (χ3n) is 3.20. The average molecular weight is 280 g/mol. The summed E-state index contributed by atoms with van der Waals surface area (Å²) >= 11 is 0. The maximum atomic E-state index is 12.6. The maximum Gasteiger partial charge on any atom is 0.391 e. The van der Waals surface area contributed by atoms with Crippen LogP contribution in [0.25, 0.3) is 0 Å². The van der Waals surface area contributed by atoms with Gasteiger partial charge in [-0.25, -0.2) is 0 Å².